The van der Waals surface area contributed by atoms with E-state index in [4.69, 9.17) is 5.73 Å². The van der Waals surface area contributed by atoms with E-state index in [0.717, 1.165) is 49.8 Å². The maximum absolute atomic E-state index is 12.4. The van der Waals surface area contributed by atoms with Crippen molar-refractivity contribution in [3.05, 3.63) is 0 Å². The number of rotatable bonds is 6. The van der Waals surface area contributed by atoms with Gasteiger partial charge < -0.3 is 10.6 Å². The SMILES string of the molecule is NCCCCCCC(=O)N1CCS[C@H]2CCCC[C@@H]21. The molecule has 110 valence electrons. The fourth-order valence-corrected chi connectivity index (χ4v) is 4.77. The first-order valence-electron chi connectivity index (χ1n) is 7.94. The van der Waals surface area contributed by atoms with Crippen molar-refractivity contribution in [3.63, 3.8) is 0 Å². The highest BCUT2D eigenvalue weighted by atomic mass is 32.2. The van der Waals surface area contributed by atoms with Crippen LogP contribution in [0.15, 0.2) is 0 Å². The second-order valence-electron chi connectivity index (χ2n) is 5.80. The molecular formula is C15H28N2OS. The minimum atomic E-state index is 0.407. The van der Waals surface area contributed by atoms with Gasteiger partial charge in [-0.3, -0.25) is 4.79 Å². The van der Waals surface area contributed by atoms with Gasteiger partial charge in [0.15, 0.2) is 0 Å². The summed E-state index contributed by atoms with van der Waals surface area (Å²) in [5, 5.41) is 0.726. The predicted molar refractivity (Wildman–Crippen MR) is 82.4 cm³/mol. The predicted octanol–water partition coefficient (Wildman–Crippen LogP) is 2.78. The number of unbranched alkanes of at least 4 members (excludes halogenated alkanes) is 3. The van der Waals surface area contributed by atoms with Crippen LogP contribution in [0.1, 0.15) is 57.8 Å². The summed E-state index contributed by atoms with van der Waals surface area (Å²) < 4.78 is 0. The summed E-state index contributed by atoms with van der Waals surface area (Å²) >= 11 is 2.10. The second-order valence-corrected chi connectivity index (χ2v) is 7.15. The largest absolute Gasteiger partial charge is 0.338 e. The molecule has 19 heavy (non-hydrogen) atoms. The van der Waals surface area contributed by atoms with Gasteiger partial charge >= 0.3 is 0 Å². The first kappa shape index (κ1) is 15.2. The molecule has 0 aromatic rings. The first-order valence-corrected chi connectivity index (χ1v) is 8.99. The number of amides is 1. The van der Waals surface area contributed by atoms with Crippen molar-refractivity contribution in [1.82, 2.24) is 4.90 Å². The molecule has 2 atom stereocenters. The fraction of sp³-hybridized carbons (Fsp3) is 0.933. The van der Waals surface area contributed by atoms with Gasteiger partial charge in [0, 0.05) is 30.0 Å². The van der Waals surface area contributed by atoms with Crippen molar-refractivity contribution in [2.24, 2.45) is 5.73 Å². The van der Waals surface area contributed by atoms with E-state index < -0.39 is 0 Å². The molecule has 2 rings (SSSR count). The van der Waals surface area contributed by atoms with E-state index in [1.807, 2.05) is 0 Å². The number of nitrogens with two attached hydrogens (primary N) is 1. The number of thioether (sulfide) groups is 1. The Bertz CT molecular complexity index is 283. The van der Waals surface area contributed by atoms with Crippen LogP contribution in [0, 0.1) is 0 Å². The van der Waals surface area contributed by atoms with Gasteiger partial charge in [0.05, 0.1) is 0 Å². The highest BCUT2D eigenvalue weighted by Crippen LogP contribution is 2.35. The van der Waals surface area contributed by atoms with E-state index in [2.05, 4.69) is 16.7 Å². The maximum atomic E-state index is 12.4. The molecular weight excluding hydrogens is 256 g/mol. The number of carbonyl (C=O) groups excluding carboxylic acids is 1. The Labute approximate surface area is 121 Å². The quantitative estimate of drug-likeness (QED) is 0.763. The van der Waals surface area contributed by atoms with E-state index in [1.165, 1.54) is 32.1 Å². The van der Waals surface area contributed by atoms with Crippen LogP contribution >= 0.6 is 11.8 Å². The molecule has 2 N–H and O–H groups in total. The van der Waals surface area contributed by atoms with Gasteiger partial charge in [-0.1, -0.05) is 25.7 Å². The third-order valence-electron chi connectivity index (χ3n) is 4.40. The average molecular weight is 284 g/mol. The molecule has 1 amide bonds. The summed E-state index contributed by atoms with van der Waals surface area (Å²) in [6, 6.07) is 0.545. The Morgan fingerprint density at radius 1 is 1.16 bits per heavy atom. The van der Waals surface area contributed by atoms with Crippen LogP contribution in [-0.4, -0.2) is 40.9 Å². The number of nitrogens with zero attached hydrogens (tertiary/aromatic N) is 1. The number of hydrogen-bond donors (Lipinski definition) is 1. The van der Waals surface area contributed by atoms with Gasteiger partial charge in [0.25, 0.3) is 0 Å². The summed E-state index contributed by atoms with van der Waals surface area (Å²) in [4.78, 5) is 14.6. The molecule has 1 heterocycles. The van der Waals surface area contributed by atoms with Crippen molar-refractivity contribution < 1.29 is 4.79 Å². The molecule has 4 heteroatoms. The van der Waals surface area contributed by atoms with Crippen LogP contribution in [0.3, 0.4) is 0 Å². The van der Waals surface area contributed by atoms with Gasteiger partial charge in [0.2, 0.25) is 5.91 Å². The summed E-state index contributed by atoms with van der Waals surface area (Å²) in [7, 11) is 0. The highest BCUT2D eigenvalue weighted by Gasteiger charge is 2.35. The molecule has 2 fully saturated rings. The van der Waals surface area contributed by atoms with Crippen molar-refractivity contribution in [2.75, 3.05) is 18.8 Å². The van der Waals surface area contributed by atoms with Crippen molar-refractivity contribution >= 4 is 17.7 Å². The molecule has 1 saturated heterocycles. The van der Waals surface area contributed by atoms with Gasteiger partial charge in [0.1, 0.15) is 0 Å². The van der Waals surface area contributed by atoms with Crippen LogP contribution in [0.25, 0.3) is 0 Å². The molecule has 1 aliphatic heterocycles. The Kier molecular flexibility index (Phi) is 6.51. The zero-order chi connectivity index (χ0) is 13.5. The molecule has 1 aliphatic carbocycles. The normalized spacial score (nSPS) is 27.1. The van der Waals surface area contributed by atoms with Crippen LogP contribution in [0.5, 0.6) is 0 Å². The van der Waals surface area contributed by atoms with E-state index in [9.17, 15) is 4.79 Å². The minimum absolute atomic E-state index is 0.407. The molecule has 1 saturated carbocycles. The van der Waals surface area contributed by atoms with E-state index in [0.29, 0.717) is 11.9 Å². The van der Waals surface area contributed by atoms with Crippen molar-refractivity contribution in [3.8, 4) is 0 Å². The maximum Gasteiger partial charge on any atom is 0.222 e. The molecule has 0 radical (unpaired) electrons. The van der Waals surface area contributed by atoms with E-state index in [1.54, 1.807) is 0 Å². The van der Waals surface area contributed by atoms with Gasteiger partial charge in [-0.2, -0.15) is 11.8 Å². The minimum Gasteiger partial charge on any atom is -0.338 e. The van der Waals surface area contributed by atoms with Gasteiger partial charge in [-0.05, 0) is 32.2 Å². The monoisotopic (exact) mass is 284 g/mol. The van der Waals surface area contributed by atoms with Crippen LogP contribution in [-0.2, 0) is 4.79 Å². The number of hydrogen-bond acceptors (Lipinski definition) is 3. The lowest BCUT2D eigenvalue weighted by Gasteiger charge is -2.43. The average Bonchev–Trinajstić information content (AvgIpc) is 2.46. The smallest absolute Gasteiger partial charge is 0.222 e. The molecule has 3 nitrogen and oxygen atoms in total. The Balaban J connectivity index is 1.74. The lowest BCUT2D eigenvalue weighted by Crippen LogP contribution is -2.51. The molecule has 2 aliphatic rings. The summed E-state index contributed by atoms with van der Waals surface area (Å²) in [5.41, 5.74) is 5.48. The lowest BCUT2D eigenvalue weighted by atomic mass is 9.93. The molecule has 0 bridgehead atoms. The fourth-order valence-electron chi connectivity index (χ4n) is 3.32. The third-order valence-corrected chi connectivity index (χ3v) is 5.79. The zero-order valence-corrected chi connectivity index (χ0v) is 12.8. The Morgan fingerprint density at radius 3 is 2.79 bits per heavy atom. The molecule has 0 spiro atoms. The van der Waals surface area contributed by atoms with Crippen molar-refractivity contribution in [2.45, 2.75) is 69.1 Å². The van der Waals surface area contributed by atoms with E-state index in [-0.39, 0.29) is 0 Å². The van der Waals surface area contributed by atoms with Gasteiger partial charge in [-0.25, -0.2) is 0 Å². The summed E-state index contributed by atoms with van der Waals surface area (Å²) in [5.74, 6) is 1.55. The van der Waals surface area contributed by atoms with Crippen LogP contribution in [0.2, 0.25) is 0 Å². The first-order chi connectivity index (χ1) is 9.33. The summed E-state index contributed by atoms with van der Waals surface area (Å²) in [6.07, 6.45) is 10.4. The van der Waals surface area contributed by atoms with Crippen LogP contribution in [0.4, 0.5) is 0 Å². The Hall–Kier alpha value is -0.220. The second kappa shape index (κ2) is 8.15. The standard InChI is InChI=1S/C15H28N2OS/c16-10-6-2-1-3-9-15(18)17-11-12-19-14-8-5-4-7-13(14)17/h13-14H,1-12,16H2/t13-,14-/m0/s1. The highest BCUT2D eigenvalue weighted by molar-refractivity contribution is 8.00. The molecule has 0 aromatic heterocycles. The van der Waals surface area contributed by atoms with Crippen LogP contribution < -0.4 is 5.73 Å². The topological polar surface area (TPSA) is 46.3 Å². The van der Waals surface area contributed by atoms with Crippen molar-refractivity contribution in [1.29, 1.82) is 0 Å². The molecule has 0 aromatic carbocycles. The number of fused-ring (bicyclic) bond motifs is 1. The summed E-state index contributed by atoms with van der Waals surface area (Å²) in [6.45, 7) is 1.76. The number of carbonyl (C=O) groups is 1. The van der Waals surface area contributed by atoms with E-state index >= 15 is 0 Å². The zero-order valence-electron chi connectivity index (χ0n) is 12.0. The molecule has 0 unspecified atom stereocenters. The lowest BCUT2D eigenvalue weighted by molar-refractivity contribution is -0.134. The van der Waals surface area contributed by atoms with Gasteiger partial charge in [-0.15, -0.1) is 0 Å². The third kappa shape index (κ3) is 4.38. The Morgan fingerprint density at radius 2 is 1.95 bits per heavy atom.